The van der Waals surface area contributed by atoms with Crippen LogP contribution >= 0.6 is 0 Å². The quantitative estimate of drug-likeness (QED) is 0.826. The van der Waals surface area contributed by atoms with Gasteiger partial charge < -0.3 is 4.79 Å². The fourth-order valence-corrected chi connectivity index (χ4v) is 2.62. The smallest absolute Gasteiger partial charge is 0.126 e. The average molecular weight is 275 g/mol. The lowest BCUT2D eigenvalue weighted by molar-refractivity contribution is -0.114. The van der Waals surface area contributed by atoms with E-state index in [1.54, 1.807) is 0 Å². The number of likely N-dealkylation sites (tertiary alicyclic amines) is 1. The number of benzene rings is 1. The van der Waals surface area contributed by atoms with Gasteiger partial charge >= 0.3 is 0 Å². The van der Waals surface area contributed by atoms with Crippen molar-refractivity contribution in [2.24, 2.45) is 11.8 Å². The second kappa shape index (κ2) is 8.91. The van der Waals surface area contributed by atoms with E-state index in [0.717, 1.165) is 18.4 Å². The number of piperidine rings is 1. The Morgan fingerprint density at radius 3 is 2.10 bits per heavy atom. The normalized spacial score (nSPS) is 16.6. The molecule has 1 aliphatic heterocycles. The first-order valence-electron chi connectivity index (χ1n) is 7.72. The number of Topliss-reactive ketones (excluding diaryl/α,β-unsaturated/α-hetero) is 1. The minimum atomic E-state index is 0.167. The van der Waals surface area contributed by atoms with Crippen molar-refractivity contribution in [3.8, 4) is 0 Å². The number of ketones is 1. The molecule has 2 nitrogen and oxygen atoms in total. The fraction of sp³-hybridized carbons (Fsp3) is 0.611. The van der Waals surface area contributed by atoms with Crippen molar-refractivity contribution in [3.05, 3.63) is 35.9 Å². The third-order valence-corrected chi connectivity index (χ3v) is 3.82. The highest BCUT2D eigenvalue weighted by molar-refractivity contribution is 5.72. The third-order valence-electron chi connectivity index (χ3n) is 3.82. The van der Waals surface area contributed by atoms with Crippen molar-refractivity contribution in [2.75, 3.05) is 13.1 Å². The number of carbonyl (C=O) groups is 1. The highest BCUT2D eigenvalue weighted by Gasteiger charge is 2.21. The molecule has 0 bridgehead atoms. The van der Waals surface area contributed by atoms with Crippen LogP contribution in [0.2, 0.25) is 0 Å². The van der Waals surface area contributed by atoms with Gasteiger partial charge in [-0.3, -0.25) is 4.90 Å². The van der Waals surface area contributed by atoms with Crippen LogP contribution in [-0.4, -0.2) is 23.8 Å². The zero-order valence-electron chi connectivity index (χ0n) is 13.4. The van der Waals surface area contributed by atoms with Crippen LogP contribution in [0.15, 0.2) is 30.3 Å². The van der Waals surface area contributed by atoms with Crippen molar-refractivity contribution >= 4 is 5.78 Å². The van der Waals surface area contributed by atoms with Crippen LogP contribution in [0.1, 0.15) is 46.1 Å². The number of hydrogen-bond acceptors (Lipinski definition) is 2. The van der Waals surface area contributed by atoms with Crippen LogP contribution in [0.5, 0.6) is 0 Å². The van der Waals surface area contributed by atoms with Crippen molar-refractivity contribution in [2.45, 2.75) is 47.1 Å². The van der Waals surface area contributed by atoms with Gasteiger partial charge in [0.25, 0.3) is 0 Å². The molecule has 0 radical (unpaired) electrons. The molecule has 0 spiro atoms. The molecule has 0 aliphatic carbocycles. The summed E-state index contributed by atoms with van der Waals surface area (Å²) >= 11 is 0. The van der Waals surface area contributed by atoms with E-state index in [0.29, 0.717) is 0 Å². The lowest BCUT2D eigenvalue weighted by Gasteiger charge is -2.33. The van der Waals surface area contributed by atoms with Crippen molar-refractivity contribution in [1.29, 1.82) is 0 Å². The average Bonchev–Trinajstić information content (AvgIpc) is 2.40. The molecule has 0 aromatic heterocycles. The second-order valence-electron chi connectivity index (χ2n) is 6.25. The molecule has 1 aliphatic rings. The molecule has 1 heterocycles. The van der Waals surface area contributed by atoms with Gasteiger partial charge in [-0.1, -0.05) is 44.2 Å². The molecule has 112 valence electrons. The molecule has 2 rings (SSSR count). The Morgan fingerprint density at radius 2 is 1.65 bits per heavy atom. The topological polar surface area (TPSA) is 20.3 Å². The molecule has 20 heavy (non-hydrogen) atoms. The number of rotatable bonds is 3. The predicted molar refractivity (Wildman–Crippen MR) is 85.6 cm³/mol. The SMILES string of the molecule is CC(C)=O.CC(C)C1CCN(Cc2ccccc2)CC1. The molecule has 0 unspecified atom stereocenters. The van der Waals surface area contributed by atoms with Crippen molar-refractivity contribution in [3.63, 3.8) is 0 Å². The molecule has 1 fully saturated rings. The molecule has 2 heteroatoms. The highest BCUT2D eigenvalue weighted by atomic mass is 16.1. The van der Waals surface area contributed by atoms with E-state index in [-0.39, 0.29) is 5.78 Å². The number of carbonyl (C=O) groups excluding carboxylic acids is 1. The van der Waals surface area contributed by atoms with E-state index in [9.17, 15) is 4.79 Å². The zero-order chi connectivity index (χ0) is 15.0. The van der Waals surface area contributed by atoms with Crippen LogP contribution in [0, 0.1) is 11.8 Å². The summed E-state index contributed by atoms with van der Waals surface area (Å²) in [6.45, 7) is 11.5. The maximum absolute atomic E-state index is 9.44. The first kappa shape index (κ1) is 16.9. The number of nitrogens with zero attached hydrogens (tertiary/aromatic N) is 1. The van der Waals surface area contributed by atoms with Crippen LogP contribution in [0.4, 0.5) is 0 Å². The minimum absolute atomic E-state index is 0.167. The Balaban J connectivity index is 0.000000444. The second-order valence-corrected chi connectivity index (χ2v) is 6.25. The van der Waals surface area contributed by atoms with E-state index in [2.05, 4.69) is 49.1 Å². The van der Waals surface area contributed by atoms with Gasteiger partial charge in [0.15, 0.2) is 0 Å². The van der Waals surface area contributed by atoms with Gasteiger partial charge in [-0.25, -0.2) is 0 Å². The molecule has 1 aromatic carbocycles. The van der Waals surface area contributed by atoms with Gasteiger partial charge in [-0.05, 0) is 57.2 Å². The first-order chi connectivity index (χ1) is 9.49. The molecule has 0 amide bonds. The van der Waals surface area contributed by atoms with Gasteiger partial charge in [0.1, 0.15) is 5.78 Å². The molecule has 1 saturated heterocycles. The van der Waals surface area contributed by atoms with Gasteiger partial charge in [0, 0.05) is 6.54 Å². The van der Waals surface area contributed by atoms with E-state index in [1.807, 2.05) is 0 Å². The van der Waals surface area contributed by atoms with Crippen LogP contribution in [0.25, 0.3) is 0 Å². The summed E-state index contributed by atoms with van der Waals surface area (Å²) < 4.78 is 0. The Labute approximate surface area is 124 Å². The largest absolute Gasteiger partial charge is 0.300 e. The van der Waals surface area contributed by atoms with Crippen LogP contribution < -0.4 is 0 Å². The van der Waals surface area contributed by atoms with E-state index < -0.39 is 0 Å². The summed E-state index contributed by atoms with van der Waals surface area (Å²) in [7, 11) is 0. The van der Waals surface area contributed by atoms with Crippen LogP contribution in [0.3, 0.4) is 0 Å². The molecular formula is C18H29NO. The van der Waals surface area contributed by atoms with Crippen molar-refractivity contribution in [1.82, 2.24) is 4.90 Å². The minimum Gasteiger partial charge on any atom is -0.300 e. The monoisotopic (exact) mass is 275 g/mol. The van der Waals surface area contributed by atoms with Gasteiger partial charge in [-0.2, -0.15) is 0 Å². The summed E-state index contributed by atoms with van der Waals surface area (Å²) in [5.74, 6) is 1.98. The molecule has 0 saturated carbocycles. The summed E-state index contributed by atoms with van der Waals surface area (Å²) in [4.78, 5) is 12.0. The standard InChI is InChI=1S/C15H23N.C3H6O/c1-13(2)15-8-10-16(11-9-15)12-14-6-4-3-5-7-14;1-3(2)4/h3-7,13,15H,8-12H2,1-2H3;1-2H3. The van der Waals surface area contributed by atoms with Gasteiger partial charge in [0.2, 0.25) is 0 Å². The highest BCUT2D eigenvalue weighted by Crippen LogP contribution is 2.25. The Bertz CT molecular complexity index is 374. The molecular weight excluding hydrogens is 246 g/mol. The Hall–Kier alpha value is -1.15. The van der Waals surface area contributed by atoms with Gasteiger partial charge in [0.05, 0.1) is 0 Å². The van der Waals surface area contributed by atoms with Gasteiger partial charge in [-0.15, -0.1) is 0 Å². The summed E-state index contributed by atoms with van der Waals surface area (Å²) in [5.41, 5.74) is 1.45. The summed E-state index contributed by atoms with van der Waals surface area (Å²) in [5, 5.41) is 0. The van der Waals surface area contributed by atoms with Crippen LogP contribution in [-0.2, 0) is 11.3 Å². The lowest BCUT2D eigenvalue weighted by atomic mass is 9.86. The van der Waals surface area contributed by atoms with E-state index in [1.165, 1.54) is 45.3 Å². The third kappa shape index (κ3) is 6.85. The Morgan fingerprint density at radius 1 is 1.15 bits per heavy atom. The molecule has 0 atom stereocenters. The Kier molecular flexibility index (Phi) is 7.53. The zero-order valence-corrected chi connectivity index (χ0v) is 13.4. The number of hydrogen-bond donors (Lipinski definition) is 0. The first-order valence-corrected chi connectivity index (χ1v) is 7.72. The predicted octanol–water partition coefficient (Wildman–Crippen LogP) is 4.15. The lowest BCUT2D eigenvalue weighted by Crippen LogP contribution is -2.34. The van der Waals surface area contributed by atoms with E-state index >= 15 is 0 Å². The maximum atomic E-state index is 9.44. The molecule has 1 aromatic rings. The summed E-state index contributed by atoms with van der Waals surface area (Å²) in [6.07, 6.45) is 2.76. The van der Waals surface area contributed by atoms with E-state index in [4.69, 9.17) is 0 Å². The maximum Gasteiger partial charge on any atom is 0.126 e. The van der Waals surface area contributed by atoms with Crippen molar-refractivity contribution < 1.29 is 4.79 Å². The summed E-state index contributed by atoms with van der Waals surface area (Å²) in [6, 6.07) is 10.8. The fourth-order valence-electron chi connectivity index (χ4n) is 2.62. The molecule has 0 N–H and O–H groups in total.